The van der Waals surface area contributed by atoms with Gasteiger partial charge in [0.05, 0.1) is 31.0 Å². The molecule has 3 aromatic rings. The molecule has 0 saturated carbocycles. The number of hydrogen-bond acceptors (Lipinski definition) is 6. The maximum atomic E-state index is 13.4. The third-order valence-corrected chi connectivity index (χ3v) is 6.74. The number of hydrogen-bond donors (Lipinski definition) is 3. The summed E-state index contributed by atoms with van der Waals surface area (Å²) in [6.45, 7) is 3.84. The topological polar surface area (TPSA) is 109 Å². The standard InChI is InChI=1S/C27H32F3N5O4/c1-18-9-11-34(12-10-18)25-19(5-7-23(33-25)27(28,29)30)17-31-26(38)32-21-3-2-4-22-20(21)6-8-24(37)35(22)13-15-39-16-14-36/h2-8,18,36H,9-17H2,1H3,(H2,31,32,38). The summed E-state index contributed by atoms with van der Waals surface area (Å²) in [5, 5.41) is 15.0. The molecule has 0 radical (unpaired) electrons. The molecule has 39 heavy (non-hydrogen) atoms. The number of nitrogens with one attached hydrogen (secondary N) is 2. The largest absolute Gasteiger partial charge is 0.433 e. The predicted octanol–water partition coefficient (Wildman–Crippen LogP) is 3.98. The van der Waals surface area contributed by atoms with Crippen LogP contribution in [0.3, 0.4) is 0 Å². The van der Waals surface area contributed by atoms with E-state index in [-0.39, 0.29) is 44.3 Å². The SMILES string of the molecule is CC1CCN(c2nc(C(F)(F)F)ccc2CNC(=O)Nc2cccc3c2ccc(=O)n3CCOCCO)CC1. The fraction of sp³-hybridized carbons (Fsp3) is 0.444. The van der Waals surface area contributed by atoms with Crippen LogP contribution in [-0.4, -0.2) is 53.6 Å². The maximum Gasteiger partial charge on any atom is 0.433 e. The van der Waals surface area contributed by atoms with Crippen LogP contribution < -0.4 is 21.1 Å². The lowest BCUT2D eigenvalue weighted by Crippen LogP contribution is -2.36. The van der Waals surface area contributed by atoms with Crippen LogP contribution in [0.4, 0.5) is 29.5 Å². The van der Waals surface area contributed by atoms with Crippen molar-refractivity contribution in [2.75, 3.05) is 43.1 Å². The summed E-state index contributed by atoms with van der Waals surface area (Å²) in [6.07, 6.45) is -2.86. The van der Waals surface area contributed by atoms with Crippen LogP contribution in [0.5, 0.6) is 0 Å². The Kier molecular flexibility index (Phi) is 9.08. The molecular weight excluding hydrogens is 515 g/mol. The molecule has 210 valence electrons. The zero-order chi connectivity index (χ0) is 28.0. The number of carbonyl (C=O) groups is 1. The second-order valence-electron chi connectivity index (χ2n) is 9.55. The molecule has 1 fully saturated rings. The number of carbonyl (C=O) groups excluding carboxylic acids is 1. The highest BCUT2D eigenvalue weighted by molar-refractivity contribution is 6.00. The highest BCUT2D eigenvalue weighted by Crippen LogP contribution is 2.32. The minimum absolute atomic E-state index is 0.0178. The number of urea groups is 1. The second-order valence-corrected chi connectivity index (χ2v) is 9.55. The fourth-order valence-electron chi connectivity index (χ4n) is 4.60. The Morgan fingerprint density at radius 2 is 1.90 bits per heavy atom. The van der Waals surface area contributed by atoms with E-state index in [2.05, 4.69) is 22.5 Å². The zero-order valence-electron chi connectivity index (χ0n) is 21.6. The highest BCUT2D eigenvalue weighted by atomic mass is 19.4. The first-order valence-electron chi connectivity index (χ1n) is 12.9. The summed E-state index contributed by atoms with van der Waals surface area (Å²) in [4.78, 5) is 31.0. The Morgan fingerprint density at radius 3 is 2.62 bits per heavy atom. The summed E-state index contributed by atoms with van der Waals surface area (Å²) in [5.74, 6) is 0.721. The predicted molar refractivity (Wildman–Crippen MR) is 142 cm³/mol. The summed E-state index contributed by atoms with van der Waals surface area (Å²) >= 11 is 0. The van der Waals surface area contributed by atoms with Gasteiger partial charge in [-0.05, 0) is 43.0 Å². The number of aromatic nitrogens is 2. The Morgan fingerprint density at radius 1 is 1.13 bits per heavy atom. The third-order valence-electron chi connectivity index (χ3n) is 6.74. The van der Waals surface area contributed by atoms with Gasteiger partial charge >= 0.3 is 12.2 Å². The molecule has 1 aliphatic rings. The van der Waals surface area contributed by atoms with Gasteiger partial charge in [0.1, 0.15) is 11.5 Å². The summed E-state index contributed by atoms with van der Waals surface area (Å²) in [6, 6.07) is 9.91. The van der Waals surface area contributed by atoms with E-state index in [4.69, 9.17) is 9.84 Å². The van der Waals surface area contributed by atoms with Crippen LogP contribution in [0.25, 0.3) is 10.9 Å². The number of ether oxygens (including phenoxy) is 1. The number of anilines is 2. The first kappa shape index (κ1) is 28.4. The van der Waals surface area contributed by atoms with E-state index in [0.29, 0.717) is 41.2 Å². The number of nitrogens with zero attached hydrogens (tertiary/aromatic N) is 3. The molecule has 12 heteroatoms. The number of fused-ring (bicyclic) bond motifs is 1. The van der Waals surface area contributed by atoms with Crippen molar-refractivity contribution >= 4 is 28.4 Å². The van der Waals surface area contributed by atoms with Crippen molar-refractivity contribution < 1.29 is 27.8 Å². The maximum absolute atomic E-state index is 13.4. The van der Waals surface area contributed by atoms with Gasteiger partial charge in [0.25, 0.3) is 5.56 Å². The molecule has 9 nitrogen and oxygen atoms in total. The van der Waals surface area contributed by atoms with E-state index in [9.17, 15) is 22.8 Å². The lowest BCUT2D eigenvalue weighted by molar-refractivity contribution is -0.141. The Labute approximate surface area is 223 Å². The highest BCUT2D eigenvalue weighted by Gasteiger charge is 2.34. The van der Waals surface area contributed by atoms with Crippen LogP contribution in [-0.2, 0) is 24.0 Å². The van der Waals surface area contributed by atoms with Crippen molar-refractivity contribution in [1.29, 1.82) is 0 Å². The molecule has 0 aliphatic carbocycles. The molecule has 0 unspecified atom stereocenters. The molecule has 2 amide bonds. The lowest BCUT2D eigenvalue weighted by atomic mass is 9.99. The van der Waals surface area contributed by atoms with Crippen LogP contribution in [0, 0.1) is 5.92 Å². The quantitative estimate of drug-likeness (QED) is 0.350. The van der Waals surface area contributed by atoms with Crippen LogP contribution in [0.2, 0.25) is 0 Å². The number of benzene rings is 1. The van der Waals surface area contributed by atoms with Crippen molar-refractivity contribution in [3.8, 4) is 0 Å². The molecule has 3 N–H and O–H groups in total. The van der Waals surface area contributed by atoms with Crippen molar-refractivity contribution in [3.05, 3.63) is 64.1 Å². The van der Waals surface area contributed by atoms with E-state index < -0.39 is 17.9 Å². The summed E-state index contributed by atoms with van der Waals surface area (Å²) < 4.78 is 46.9. The molecule has 4 rings (SSSR count). The normalized spacial score (nSPS) is 14.5. The van der Waals surface area contributed by atoms with Gasteiger partial charge in [-0.1, -0.05) is 19.1 Å². The van der Waals surface area contributed by atoms with Crippen LogP contribution >= 0.6 is 0 Å². The molecule has 1 aromatic carbocycles. The molecule has 0 atom stereocenters. The number of piperidine rings is 1. The first-order valence-corrected chi connectivity index (χ1v) is 12.9. The van der Waals surface area contributed by atoms with Gasteiger partial charge < -0.3 is 29.9 Å². The fourth-order valence-corrected chi connectivity index (χ4v) is 4.60. The number of pyridine rings is 2. The van der Waals surface area contributed by atoms with Gasteiger partial charge in [-0.3, -0.25) is 4.79 Å². The monoisotopic (exact) mass is 547 g/mol. The van der Waals surface area contributed by atoms with Crippen molar-refractivity contribution in [1.82, 2.24) is 14.9 Å². The Bertz CT molecular complexity index is 1350. The minimum Gasteiger partial charge on any atom is -0.394 e. The average Bonchev–Trinajstić information content (AvgIpc) is 2.91. The van der Waals surface area contributed by atoms with E-state index in [1.54, 1.807) is 24.3 Å². The smallest absolute Gasteiger partial charge is 0.394 e. The number of rotatable bonds is 9. The molecular formula is C27H32F3N5O4. The van der Waals surface area contributed by atoms with Gasteiger partial charge in [-0.25, -0.2) is 9.78 Å². The number of halogens is 3. The minimum atomic E-state index is -4.57. The number of aliphatic hydroxyl groups excluding tert-OH is 1. The van der Waals surface area contributed by atoms with Gasteiger partial charge in [0, 0.05) is 43.2 Å². The van der Waals surface area contributed by atoms with Gasteiger partial charge in [-0.15, -0.1) is 0 Å². The summed E-state index contributed by atoms with van der Waals surface area (Å²) in [7, 11) is 0. The zero-order valence-corrected chi connectivity index (χ0v) is 21.6. The van der Waals surface area contributed by atoms with Gasteiger partial charge in [0.15, 0.2) is 0 Å². The number of amides is 2. The Hall–Kier alpha value is -3.64. The van der Waals surface area contributed by atoms with E-state index in [0.717, 1.165) is 18.9 Å². The first-order chi connectivity index (χ1) is 18.7. The lowest BCUT2D eigenvalue weighted by Gasteiger charge is -2.33. The summed E-state index contributed by atoms with van der Waals surface area (Å²) in [5.41, 5.74) is 0.355. The van der Waals surface area contributed by atoms with Gasteiger partial charge in [0.2, 0.25) is 0 Å². The number of aliphatic hydroxyl groups is 1. The van der Waals surface area contributed by atoms with Gasteiger partial charge in [-0.2, -0.15) is 13.2 Å². The Balaban J connectivity index is 1.50. The second kappa shape index (κ2) is 12.5. The molecule has 0 bridgehead atoms. The van der Waals surface area contributed by atoms with Crippen molar-refractivity contribution in [2.24, 2.45) is 5.92 Å². The average molecular weight is 548 g/mol. The van der Waals surface area contributed by atoms with Crippen LogP contribution in [0.15, 0.2) is 47.3 Å². The third kappa shape index (κ3) is 7.07. The molecule has 1 saturated heterocycles. The molecule has 2 aromatic heterocycles. The van der Waals surface area contributed by atoms with Crippen molar-refractivity contribution in [3.63, 3.8) is 0 Å². The van der Waals surface area contributed by atoms with E-state index >= 15 is 0 Å². The molecule has 1 aliphatic heterocycles. The molecule has 3 heterocycles. The van der Waals surface area contributed by atoms with Crippen molar-refractivity contribution in [2.45, 2.75) is 39.0 Å². The van der Waals surface area contributed by atoms with E-state index in [1.807, 2.05) is 4.90 Å². The van der Waals surface area contributed by atoms with Crippen LogP contribution in [0.1, 0.15) is 31.0 Å². The number of alkyl halides is 3. The molecule has 0 spiro atoms. The van der Waals surface area contributed by atoms with E-state index in [1.165, 1.54) is 16.7 Å².